The van der Waals surface area contributed by atoms with Crippen LogP contribution in [0.15, 0.2) is 53.8 Å². The molecule has 0 radical (unpaired) electrons. The summed E-state index contributed by atoms with van der Waals surface area (Å²) in [6.45, 7) is 5.56. The van der Waals surface area contributed by atoms with E-state index in [-0.39, 0.29) is 17.4 Å². The number of thioether (sulfide) groups is 1. The summed E-state index contributed by atoms with van der Waals surface area (Å²) in [6, 6.07) is 13.7. The zero-order chi connectivity index (χ0) is 22.9. The molecule has 4 aromatic rings. The smallest absolute Gasteiger partial charge is 0.270 e. The number of aryl methyl sites for hydroxylation is 2. The Labute approximate surface area is 196 Å². The van der Waals surface area contributed by atoms with E-state index in [0.29, 0.717) is 16.4 Å². The number of ketones is 1. The molecule has 0 saturated carbocycles. The zero-order valence-corrected chi connectivity index (χ0v) is 19.5. The van der Waals surface area contributed by atoms with Gasteiger partial charge in [0.05, 0.1) is 22.7 Å². The first-order chi connectivity index (χ1) is 16.0. The van der Waals surface area contributed by atoms with Gasteiger partial charge in [-0.1, -0.05) is 42.1 Å². The number of Topliss-reactive ketones (excluding diaryl/α,β-unsaturated/α-hetero) is 1. The molecule has 0 aliphatic carbocycles. The summed E-state index contributed by atoms with van der Waals surface area (Å²) in [6.07, 6.45) is 3.69. The van der Waals surface area contributed by atoms with E-state index < -0.39 is 0 Å². The summed E-state index contributed by atoms with van der Waals surface area (Å²) >= 11 is 1.36. The molecule has 1 saturated heterocycles. The number of likely N-dealkylation sites (tertiary alicyclic amines) is 1. The molecule has 1 aromatic carbocycles. The van der Waals surface area contributed by atoms with E-state index in [1.54, 1.807) is 12.3 Å². The third kappa shape index (κ3) is 4.18. The average molecular weight is 460 g/mol. The van der Waals surface area contributed by atoms with Crippen molar-refractivity contribution in [2.75, 3.05) is 18.8 Å². The standard InChI is InChI=1S/C25H25N5O2S/c1-16-12-17(2)28-30-23(16)22(18-8-4-3-5-9-18)27-25(30)33-15-21(31)19-13-20(26-14-19)24(32)29-10-6-7-11-29/h3-5,8-9,12-14,26H,6-7,10-11,15H2,1-2H3. The number of amides is 1. The largest absolute Gasteiger partial charge is 0.356 e. The van der Waals surface area contributed by atoms with Crippen molar-refractivity contribution in [3.8, 4) is 11.3 Å². The highest BCUT2D eigenvalue weighted by Gasteiger charge is 2.22. The lowest BCUT2D eigenvalue weighted by atomic mass is 10.1. The third-order valence-electron chi connectivity index (χ3n) is 5.89. The predicted octanol–water partition coefficient (Wildman–Crippen LogP) is 4.55. The number of aromatic nitrogens is 4. The van der Waals surface area contributed by atoms with Crippen LogP contribution >= 0.6 is 11.8 Å². The molecule has 0 bridgehead atoms. The molecule has 0 atom stereocenters. The van der Waals surface area contributed by atoms with Gasteiger partial charge in [0, 0.05) is 30.4 Å². The van der Waals surface area contributed by atoms with Gasteiger partial charge in [-0.25, -0.2) is 9.50 Å². The molecule has 1 N–H and O–H groups in total. The van der Waals surface area contributed by atoms with E-state index in [1.165, 1.54) is 11.8 Å². The highest BCUT2D eigenvalue weighted by Crippen LogP contribution is 2.31. The number of H-pyrrole nitrogens is 1. The maximum Gasteiger partial charge on any atom is 0.270 e. The number of benzene rings is 1. The van der Waals surface area contributed by atoms with Crippen molar-refractivity contribution in [2.24, 2.45) is 0 Å². The van der Waals surface area contributed by atoms with E-state index in [2.05, 4.69) is 17.0 Å². The number of nitrogens with one attached hydrogen (secondary N) is 1. The highest BCUT2D eigenvalue weighted by molar-refractivity contribution is 7.99. The number of rotatable bonds is 6. The van der Waals surface area contributed by atoms with Crippen LogP contribution in [0.3, 0.4) is 0 Å². The Morgan fingerprint density at radius 1 is 1.09 bits per heavy atom. The lowest BCUT2D eigenvalue weighted by Gasteiger charge is -2.13. The van der Waals surface area contributed by atoms with E-state index in [1.807, 2.05) is 52.7 Å². The number of aromatic amines is 1. The van der Waals surface area contributed by atoms with Gasteiger partial charge in [-0.2, -0.15) is 5.10 Å². The number of imidazole rings is 1. The fourth-order valence-electron chi connectivity index (χ4n) is 4.28. The molecule has 3 aromatic heterocycles. The van der Waals surface area contributed by atoms with E-state index in [9.17, 15) is 9.59 Å². The quantitative estimate of drug-likeness (QED) is 0.338. The van der Waals surface area contributed by atoms with E-state index in [0.717, 1.165) is 54.0 Å². The fraction of sp³-hybridized carbons (Fsp3) is 0.280. The summed E-state index contributed by atoms with van der Waals surface area (Å²) in [7, 11) is 0. The Balaban J connectivity index is 1.39. The predicted molar refractivity (Wildman–Crippen MR) is 129 cm³/mol. The molecule has 1 fully saturated rings. The zero-order valence-electron chi connectivity index (χ0n) is 18.7. The molecular formula is C25H25N5O2S. The van der Waals surface area contributed by atoms with Crippen LogP contribution < -0.4 is 0 Å². The second-order valence-electron chi connectivity index (χ2n) is 8.35. The number of nitrogens with zero attached hydrogens (tertiary/aromatic N) is 4. The van der Waals surface area contributed by atoms with E-state index >= 15 is 0 Å². The van der Waals surface area contributed by atoms with Gasteiger partial charge in [0.2, 0.25) is 0 Å². The van der Waals surface area contributed by atoms with Crippen LogP contribution in [0.2, 0.25) is 0 Å². The van der Waals surface area contributed by atoms with Crippen LogP contribution in [0.4, 0.5) is 0 Å². The van der Waals surface area contributed by atoms with E-state index in [4.69, 9.17) is 4.98 Å². The van der Waals surface area contributed by atoms with Crippen molar-refractivity contribution in [1.82, 2.24) is 24.5 Å². The molecule has 33 heavy (non-hydrogen) atoms. The molecule has 8 heteroatoms. The first-order valence-corrected chi connectivity index (χ1v) is 12.1. The normalized spacial score (nSPS) is 13.7. The van der Waals surface area contributed by atoms with Crippen molar-refractivity contribution in [3.63, 3.8) is 0 Å². The van der Waals surface area contributed by atoms with Crippen LogP contribution in [-0.2, 0) is 0 Å². The Morgan fingerprint density at radius 3 is 2.61 bits per heavy atom. The maximum absolute atomic E-state index is 12.9. The minimum Gasteiger partial charge on any atom is -0.356 e. The molecule has 1 aliphatic rings. The van der Waals surface area contributed by atoms with Gasteiger partial charge in [0.1, 0.15) is 5.69 Å². The minimum absolute atomic E-state index is 0.0406. The van der Waals surface area contributed by atoms with Gasteiger partial charge in [-0.3, -0.25) is 9.59 Å². The molecule has 5 rings (SSSR count). The topological polar surface area (TPSA) is 83.4 Å². The Hall–Kier alpha value is -3.39. The van der Waals surface area contributed by atoms with Crippen LogP contribution in [0, 0.1) is 13.8 Å². The van der Waals surface area contributed by atoms with Crippen molar-refractivity contribution in [2.45, 2.75) is 31.8 Å². The monoisotopic (exact) mass is 459 g/mol. The number of hydrogen-bond acceptors (Lipinski definition) is 5. The van der Waals surface area contributed by atoms with Crippen LogP contribution in [0.25, 0.3) is 16.8 Å². The number of fused-ring (bicyclic) bond motifs is 1. The molecule has 4 heterocycles. The molecule has 168 valence electrons. The fourth-order valence-corrected chi connectivity index (χ4v) is 5.12. The van der Waals surface area contributed by atoms with Gasteiger partial charge in [0.25, 0.3) is 5.91 Å². The molecule has 0 spiro atoms. The lowest BCUT2D eigenvalue weighted by Crippen LogP contribution is -2.27. The van der Waals surface area contributed by atoms with Gasteiger partial charge >= 0.3 is 0 Å². The maximum atomic E-state index is 12.9. The van der Waals surface area contributed by atoms with Crippen molar-refractivity contribution >= 4 is 29.0 Å². The SMILES string of the molecule is Cc1cc(C)c2c(-c3ccccc3)nc(SCC(=O)c3c[nH]c(C(=O)N4CCCC4)c3)n2n1. The first kappa shape index (κ1) is 21.5. The number of carbonyl (C=O) groups excluding carboxylic acids is 2. The summed E-state index contributed by atoms with van der Waals surface area (Å²) in [5, 5.41) is 5.34. The van der Waals surface area contributed by atoms with Crippen molar-refractivity contribution < 1.29 is 9.59 Å². The molecule has 0 unspecified atom stereocenters. The summed E-state index contributed by atoms with van der Waals surface area (Å²) in [5.41, 5.74) is 5.77. The van der Waals surface area contributed by atoms with Crippen LogP contribution in [0.1, 0.15) is 44.9 Å². The molecule has 1 amide bonds. The number of hydrogen-bond donors (Lipinski definition) is 1. The summed E-state index contributed by atoms with van der Waals surface area (Å²) in [5.74, 6) is 0.109. The Kier molecular flexibility index (Phi) is 5.76. The van der Waals surface area contributed by atoms with Gasteiger partial charge in [-0.05, 0) is 44.4 Å². The second kappa shape index (κ2) is 8.86. The van der Waals surface area contributed by atoms with Crippen LogP contribution in [0.5, 0.6) is 0 Å². The van der Waals surface area contributed by atoms with Gasteiger partial charge in [0.15, 0.2) is 10.9 Å². The highest BCUT2D eigenvalue weighted by atomic mass is 32.2. The summed E-state index contributed by atoms with van der Waals surface area (Å²) in [4.78, 5) is 35.1. The van der Waals surface area contributed by atoms with Gasteiger partial charge < -0.3 is 9.88 Å². The lowest BCUT2D eigenvalue weighted by molar-refractivity contribution is 0.0787. The average Bonchev–Trinajstić information content (AvgIpc) is 3.58. The molecule has 7 nitrogen and oxygen atoms in total. The van der Waals surface area contributed by atoms with Crippen molar-refractivity contribution in [1.29, 1.82) is 0 Å². The van der Waals surface area contributed by atoms with Gasteiger partial charge in [-0.15, -0.1) is 0 Å². The van der Waals surface area contributed by atoms with Crippen molar-refractivity contribution in [3.05, 3.63) is 71.2 Å². The summed E-state index contributed by atoms with van der Waals surface area (Å²) < 4.78 is 1.84. The molecular weight excluding hydrogens is 434 g/mol. The minimum atomic E-state index is -0.0564. The number of carbonyl (C=O) groups is 2. The second-order valence-corrected chi connectivity index (χ2v) is 9.29. The molecule has 1 aliphatic heterocycles. The Bertz CT molecular complexity index is 1340. The third-order valence-corrected chi connectivity index (χ3v) is 6.82. The van der Waals surface area contributed by atoms with Crippen LogP contribution in [-0.4, -0.2) is 55.0 Å². The first-order valence-electron chi connectivity index (χ1n) is 11.1. The Morgan fingerprint density at radius 2 is 1.85 bits per heavy atom.